The first-order valence-corrected chi connectivity index (χ1v) is 3.19. The molecular weight excluding hydrogens is 145 g/mol. The summed E-state index contributed by atoms with van der Waals surface area (Å²) in [6.45, 7) is -0.493. The molecule has 0 amide bonds. The summed E-state index contributed by atoms with van der Waals surface area (Å²) >= 11 is 0. The van der Waals surface area contributed by atoms with Gasteiger partial charge in [-0.3, -0.25) is 0 Å². The van der Waals surface area contributed by atoms with E-state index in [9.17, 15) is 4.39 Å². The van der Waals surface area contributed by atoms with Crippen LogP contribution in [0.15, 0.2) is 29.4 Å². The molecular formula is C8H8FNO. The molecule has 0 aliphatic carbocycles. The first kappa shape index (κ1) is 7.72. The van der Waals surface area contributed by atoms with Gasteiger partial charge in [-0.2, -0.15) is 0 Å². The third kappa shape index (κ3) is 2.04. The van der Waals surface area contributed by atoms with Gasteiger partial charge in [0.2, 0.25) is 0 Å². The Kier molecular flexibility index (Phi) is 2.60. The van der Waals surface area contributed by atoms with Gasteiger partial charge < -0.3 is 5.21 Å². The van der Waals surface area contributed by atoms with Crippen molar-refractivity contribution < 1.29 is 9.60 Å². The highest BCUT2D eigenvalue weighted by Gasteiger charge is 1.91. The van der Waals surface area contributed by atoms with Crippen LogP contribution in [-0.4, -0.2) is 11.4 Å². The smallest absolute Gasteiger partial charge is 0.115 e. The monoisotopic (exact) mass is 153 g/mol. The Labute approximate surface area is 64.0 Å². The molecule has 0 bridgehead atoms. The number of benzene rings is 1. The minimum absolute atomic E-state index is 0.493. The fourth-order valence-corrected chi connectivity index (χ4v) is 0.823. The van der Waals surface area contributed by atoms with E-state index in [4.69, 9.17) is 5.21 Å². The molecule has 0 aliphatic rings. The Morgan fingerprint density at radius 1 is 1.55 bits per heavy atom. The third-order valence-electron chi connectivity index (χ3n) is 1.31. The van der Waals surface area contributed by atoms with Crippen LogP contribution < -0.4 is 0 Å². The predicted molar refractivity (Wildman–Crippen MR) is 40.6 cm³/mol. The summed E-state index contributed by atoms with van der Waals surface area (Å²) < 4.78 is 12.0. The number of alkyl halides is 1. The molecule has 11 heavy (non-hydrogen) atoms. The fraction of sp³-hybridized carbons (Fsp3) is 0.125. The van der Waals surface area contributed by atoms with E-state index in [2.05, 4.69) is 5.16 Å². The molecule has 1 rings (SSSR count). The highest BCUT2D eigenvalue weighted by Crippen LogP contribution is 2.04. The third-order valence-corrected chi connectivity index (χ3v) is 1.31. The fourth-order valence-electron chi connectivity index (χ4n) is 0.823. The van der Waals surface area contributed by atoms with Gasteiger partial charge >= 0.3 is 0 Å². The normalized spacial score (nSPS) is 10.6. The van der Waals surface area contributed by atoms with Crippen LogP contribution in [0, 0.1) is 0 Å². The van der Waals surface area contributed by atoms with Crippen molar-refractivity contribution in [3.8, 4) is 0 Å². The Hall–Kier alpha value is -1.38. The Morgan fingerprint density at radius 3 is 3.00 bits per heavy atom. The van der Waals surface area contributed by atoms with Crippen molar-refractivity contribution in [3.05, 3.63) is 35.4 Å². The van der Waals surface area contributed by atoms with Crippen LogP contribution in [-0.2, 0) is 6.67 Å². The number of halogens is 1. The van der Waals surface area contributed by atoms with E-state index in [1.807, 2.05) is 0 Å². The van der Waals surface area contributed by atoms with Crippen molar-refractivity contribution >= 4 is 6.21 Å². The van der Waals surface area contributed by atoms with Gasteiger partial charge in [0.15, 0.2) is 0 Å². The largest absolute Gasteiger partial charge is 0.411 e. The predicted octanol–water partition coefficient (Wildman–Crippen LogP) is 1.96. The van der Waals surface area contributed by atoms with Gasteiger partial charge in [0.25, 0.3) is 0 Å². The maximum absolute atomic E-state index is 12.0. The second-order valence-corrected chi connectivity index (χ2v) is 2.12. The minimum Gasteiger partial charge on any atom is -0.411 e. The molecule has 0 saturated carbocycles. The molecule has 0 radical (unpaired) electrons. The average Bonchev–Trinajstić information content (AvgIpc) is 2.06. The number of nitrogens with zero attached hydrogens (tertiary/aromatic N) is 1. The summed E-state index contributed by atoms with van der Waals surface area (Å²) in [5.74, 6) is 0. The van der Waals surface area contributed by atoms with Gasteiger partial charge in [-0.25, -0.2) is 4.39 Å². The highest BCUT2D eigenvalue weighted by atomic mass is 19.1. The van der Waals surface area contributed by atoms with E-state index in [0.717, 1.165) is 0 Å². The molecule has 1 aromatic rings. The van der Waals surface area contributed by atoms with Crippen LogP contribution in [0.1, 0.15) is 11.1 Å². The topological polar surface area (TPSA) is 32.6 Å². The van der Waals surface area contributed by atoms with Gasteiger partial charge in [-0.15, -0.1) is 0 Å². The molecule has 1 aromatic carbocycles. The van der Waals surface area contributed by atoms with Crippen molar-refractivity contribution in [2.24, 2.45) is 5.16 Å². The molecule has 3 heteroatoms. The first-order chi connectivity index (χ1) is 5.36. The van der Waals surface area contributed by atoms with Crippen molar-refractivity contribution in [2.45, 2.75) is 6.67 Å². The van der Waals surface area contributed by atoms with Gasteiger partial charge in [-0.1, -0.05) is 23.4 Å². The molecule has 58 valence electrons. The SMILES string of the molecule is O/N=C/c1cccc(CF)c1. The van der Waals surface area contributed by atoms with Gasteiger partial charge in [-0.05, 0) is 17.2 Å². The van der Waals surface area contributed by atoms with Crippen molar-refractivity contribution in [3.63, 3.8) is 0 Å². The van der Waals surface area contributed by atoms with Gasteiger partial charge in [0.05, 0.1) is 6.21 Å². The first-order valence-electron chi connectivity index (χ1n) is 3.19. The molecule has 0 unspecified atom stereocenters. The Bertz CT molecular complexity index is 260. The summed E-state index contributed by atoms with van der Waals surface area (Å²) in [4.78, 5) is 0. The summed E-state index contributed by atoms with van der Waals surface area (Å²) in [5, 5.41) is 11.0. The van der Waals surface area contributed by atoms with Crippen molar-refractivity contribution in [2.75, 3.05) is 0 Å². The standard InChI is InChI=1S/C8H8FNO/c9-5-7-2-1-3-8(4-7)6-10-11/h1-4,6,11H,5H2/b10-6+. The summed E-state index contributed by atoms with van der Waals surface area (Å²) in [6, 6.07) is 6.75. The number of hydrogen-bond donors (Lipinski definition) is 1. The van der Waals surface area contributed by atoms with Gasteiger partial charge in [0.1, 0.15) is 6.67 Å². The number of hydrogen-bond acceptors (Lipinski definition) is 2. The minimum atomic E-state index is -0.493. The van der Waals surface area contributed by atoms with Crippen LogP contribution in [0.25, 0.3) is 0 Å². The molecule has 0 heterocycles. The number of rotatable bonds is 2. The summed E-state index contributed by atoms with van der Waals surface area (Å²) in [6.07, 6.45) is 1.26. The zero-order valence-corrected chi connectivity index (χ0v) is 5.87. The molecule has 0 saturated heterocycles. The van der Waals surface area contributed by atoms with E-state index >= 15 is 0 Å². The highest BCUT2D eigenvalue weighted by molar-refractivity contribution is 5.79. The van der Waals surface area contributed by atoms with E-state index in [1.165, 1.54) is 6.21 Å². The maximum atomic E-state index is 12.0. The van der Waals surface area contributed by atoms with Crippen molar-refractivity contribution in [1.29, 1.82) is 0 Å². The molecule has 2 nitrogen and oxygen atoms in total. The molecule has 0 aliphatic heterocycles. The van der Waals surface area contributed by atoms with Crippen LogP contribution in [0.2, 0.25) is 0 Å². The molecule has 0 fully saturated rings. The van der Waals surface area contributed by atoms with Crippen molar-refractivity contribution in [1.82, 2.24) is 0 Å². The van der Waals surface area contributed by atoms with E-state index in [0.29, 0.717) is 11.1 Å². The van der Waals surface area contributed by atoms with E-state index in [-0.39, 0.29) is 0 Å². The Balaban J connectivity index is 2.91. The lowest BCUT2D eigenvalue weighted by Crippen LogP contribution is -1.83. The summed E-state index contributed by atoms with van der Waals surface area (Å²) in [7, 11) is 0. The molecule has 1 N–H and O–H groups in total. The van der Waals surface area contributed by atoms with Crippen LogP contribution in [0.3, 0.4) is 0 Å². The second kappa shape index (κ2) is 3.71. The quantitative estimate of drug-likeness (QED) is 0.393. The molecule has 0 aromatic heterocycles. The van der Waals surface area contributed by atoms with Crippen LogP contribution in [0.4, 0.5) is 4.39 Å². The number of oxime groups is 1. The summed E-state index contributed by atoms with van der Waals surface area (Å²) in [5.41, 5.74) is 1.28. The second-order valence-electron chi connectivity index (χ2n) is 2.12. The lowest BCUT2D eigenvalue weighted by Gasteiger charge is -1.94. The molecule has 0 atom stereocenters. The van der Waals surface area contributed by atoms with E-state index < -0.39 is 6.67 Å². The lowest BCUT2D eigenvalue weighted by molar-refractivity contribution is 0.322. The van der Waals surface area contributed by atoms with E-state index in [1.54, 1.807) is 24.3 Å². The van der Waals surface area contributed by atoms with Crippen LogP contribution >= 0.6 is 0 Å². The average molecular weight is 153 g/mol. The lowest BCUT2D eigenvalue weighted by atomic mass is 10.1. The van der Waals surface area contributed by atoms with Crippen LogP contribution in [0.5, 0.6) is 0 Å². The zero-order chi connectivity index (χ0) is 8.10. The maximum Gasteiger partial charge on any atom is 0.115 e. The molecule has 0 spiro atoms. The zero-order valence-electron chi connectivity index (χ0n) is 5.87. The van der Waals surface area contributed by atoms with Gasteiger partial charge in [0, 0.05) is 0 Å². The Morgan fingerprint density at radius 2 is 2.36 bits per heavy atom.